The number of hydrogen-bond donors (Lipinski definition) is 0. The maximum atomic E-state index is 5.43. The van der Waals surface area contributed by atoms with Crippen molar-refractivity contribution < 1.29 is 4.42 Å². The molecule has 2 heterocycles. The second-order valence-electron chi connectivity index (χ2n) is 3.46. The molecule has 2 rings (SSSR count). The highest BCUT2D eigenvalue weighted by atomic mass is 79.9. The lowest BCUT2D eigenvalue weighted by atomic mass is 10.1. The lowest BCUT2D eigenvalue weighted by Gasteiger charge is -2.08. The van der Waals surface area contributed by atoms with Crippen molar-refractivity contribution in [3.8, 4) is 0 Å². The predicted molar refractivity (Wildman–Crippen MR) is 67.8 cm³/mol. The van der Waals surface area contributed by atoms with Crippen LogP contribution in [-0.4, -0.2) is 0 Å². The topological polar surface area (TPSA) is 13.1 Å². The quantitative estimate of drug-likeness (QED) is 0.749. The van der Waals surface area contributed by atoms with Crippen molar-refractivity contribution in [1.29, 1.82) is 0 Å². The average molecular weight is 285 g/mol. The molecular formula is C12H13BrOS. The van der Waals surface area contributed by atoms with E-state index in [4.69, 9.17) is 4.42 Å². The van der Waals surface area contributed by atoms with Crippen LogP contribution in [0.4, 0.5) is 0 Å². The lowest BCUT2D eigenvalue weighted by Crippen LogP contribution is -1.95. The molecule has 2 aromatic heterocycles. The number of alkyl halides is 1. The Hall–Kier alpha value is -0.540. The predicted octanol–water partition coefficient (Wildman–Crippen LogP) is 4.58. The zero-order valence-electron chi connectivity index (χ0n) is 8.57. The maximum absolute atomic E-state index is 5.43. The molecule has 0 saturated heterocycles. The first kappa shape index (κ1) is 11.0. The smallest absolute Gasteiger partial charge is 0.107 e. The highest BCUT2D eigenvalue weighted by Gasteiger charge is 2.14. The average Bonchev–Trinajstić information content (AvgIpc) is 2.86. The van der Waals surface area contributed by atoms with E-state index in [0.717, 1.165) is 18.6 Å². The van der Waals surface area contributed by atoms with E-state index in [1.54, 1.807) is 17.6 Å². The summed E-state index contributed by atoms with van der Waals surface area (Å²) in [7, 11) is 0. The number of aryl methyl sites for hydroxylation is 1. The van der Waals surface area contributed by atoms with Crippen molar-refractivity contribution in [2.45, 2.75) is 24.6 Å². The van der Waals surface area contributed by atoms with Gasteiger partial charge in [0.1, 0.15) is 5.76 Å². The molecule has 0 saturated carbocycles. The molecule has 1 nitrogen and oxygen atoms in total. The summed E-state index contributed by atoms with van der Waals surface area (Å²) in [6.07, 6.45) is 3.75. The third-order valence-electron chi connectivity index (χ3n) is 2.43. The number of halogens is 1. The standard InChI is InChI=1S/C12H13BrOS/c1-2-12-10(3-5-14-12)11(13)7-9-4-6-15-8-9/h3-6,8,11H,2,7H2,1H3. The van der Waals surface area contributed by atoms with Crippen molar-refractivity contribution in [2.24, 2.45) is 0 Å². The monoisotopic (exact) mass is 284 g/mol. The van der Waals surface area contributed by atoms with Crippen LogP contribution in [0, 0.1) is 0 Å². The fraction of sp³-hybridized carbons (Fsp3) is 0.333. The van der Waals surface area contributed by atoms with E-state index in [9.17, 15) is 0 Å². The molecule has 0 aliphatic rings. The Bertz CT molecular complexity index is 405. The summed E-state index contributed by atoms with van der Waals surface area (Å²) in [5.41, 5.74) is 2.66. The Morgan fingerprint density at radius 2 is 2.33 bits per heavy atom. The minimum absolute atomic E-state index is 0.362. The number of rotatable bonds is 4. The highest BCUT2D eigenvalue weighted by Crippen LogP contribution is 2.31. The second-order valence-corrected chi connectivity index (χ2v) is 5.34. The fourth-order valence-electron chi connectivity index (χ4n) is 1.64. The normalized spacial score (nSPS) is 12.9. The molecule has 0 amide bonds. The summed E-state index contributed by atoms with van der Waals surface area (Å²) < 4.78 is 5.43. The largest absolute Gasteiger partial charge is 0.469 e. The molecule has 0 bridgehead atoms. The molecular weight excluding hydrogens is 272 g/mol. The minimum Gasteiger partial charge on any atom is -0.469 e. The van der Waals surface area contributed by atoms with Gasteiger partial charge in [-0.15, -0.1) is 0 Å². The van der Waals surface area contributed by atoms with Crippen LogP contribution in [0.1, 0.15) is 28.6 Å². The van der Waals surface area contributed by atoms with Crippen molar-refractivity contribution >= 4 is 27.3 Å². The van der Waals surface area contributed by atoms with Gasteiger partial charge in [0.05, 0.1) is 6.26 Å². The van der Waals surface area contributed by atoms with E-state index >= 15 is 0 Å². The van der Waals surface area contributed by atoms with Gasteiger partial charge in [-0.1, -0.05) is 22.9 Å². The van der Waals surface area contributed by atoms with Crippen LogP contribution in [0.3, 0.4) is 0 Å². The van der Waals surface area contributed by atoms with Crippen LogP contribution in [0.5, 0.6) is 0 Å². The van der Waals surface area contributed by atoms with E-state index in [0.29, 0.717) is 4.83 Å². The molecule has 15 heavy (non-hydrogen) atoms. The van der Waals surface area contributed by atoms with Gasteiger partial charge in [0.15, 0.2) is 0 Å². The van der Waals surface area contributed by atoms with Gasteiger partial charge in [0.2, 0.25) is 0 Å². The summed E-state index contributed by atoms with van der Waals surface area (Å²) in [6.45, 7) is 2.12. The van der Waals surface area contributed by atoms with Gasteiger partial charge in [-0.2, -0.15) is 11.3 Å². The number of hydrogen-bond acceptors (Lipinski definition) is 2. The third kappa shape index (κ3) is 2.52. The molecule has 80 valence electrons. The van der Waals surface area contributed by atoms with Crippen LogP contribution >= 0.6 is 27.3 Å². The van der Waals surface area contributed by atoms with Crippen LogP contribution in [-0.2, 0) is 12.8 Å². The summed E-state index contributed by atoms with van der Waals surface area (Å²) >= 11 is 5.47. The molecule has 0 radical (unpaired) electrons. The summed E-state index contributed by atoms with van der Waals surface area (Å²) in [5, 5.41) is 4.31. The van der Waals surface area contributed by atoms with E-state index in [1.807, 2.05) is 0 Å². The SMILES string of the molecule is CCc1occc1C(Br)Cc1ccsc1. The molecule has 1 unspecified atom stereocenters. The van der Waals surface area contributed by atoms with E-state index in [-0.39, 0.29) is 0 Å². The first-order chi connectivity index (χ1) is 7.31. The van der Waals surface area contributed by atoms with Gasteiger partial charge in [0.25, 0.3) is 0 Å². The Kier molecular flexibility index (Phi) is 3.65. The Morgan fingerprint density at radius 3 is 3.00 bits per heavy atom. The molecule has 2 aromatic rings. The lowest BCUT2D eigenvalue weighted by molar-refractivity contribution is 0.511. The first-order valence-electron chi connectivity index (χ1n) is 5.02. The van der Waals surface area contributed by atoms with Gasteiger partial charge in [0, 0.05) is 16.8 Å². The first-order valence-corrected chi connectivity index (χ1v) is 6.88. The van der Waals surface area contributed by atoms with E-state index in [1.165, 1.54) is 11.1 Å². The molecule has 0 N–H and O–H groups in total. The molecule has 0 fully saturated rings. The van der Waals surface area contributed by atoms with Crippen LogP contribution in [0.2, 0.25) is 0 Å². The number of furan rings is 1. The van der Waals surface area contributed by atoms with Crippen molar-refractivity contribution in [3.63, 3.8) is 0 Å². The van der Waals surface area contributed by atoms with Gasteiger partial charge < -0.3 is 4.42 Å². The van der Waals surface area contributed by atoms with Crippen molar-refractivity contribution in [1.82, 2.24) is 0 Å². The fourth-order valence-corrected chi connectivity index (χ4v) is 3.11. The van der Waals surface area contributed by atoms with Crippen LogP contribution < -0.4 is 0 Å². The Balaban J connectivity index is 2.11. The third-order valence-corrected chi connectivity index (χ3v) is 3.98. The van der Waals surface area contributed by atoms with Crippen molar-refractivity contribution in [2.75, 3.05) is 0 Å². The van der Waals surface area contributed by atoms with Crippen LogP contribution in [0.15, 0.2) is 33.6 Å². The van der Waals surface area contributed by atoms with Gasteiger partial charge in [-0.3, -0.25) is 0 Å². The van der Waals surface area contributed by atoms with Gasteiger partial charge in [-0.25, -0.2) is 0 Å². The molecule has 0 aromatic carbocycles. The van der Waals surface area contributed by atoms with Gasteiger partial charge >= 0.3 is 0 Å². The zero-order chi connectivity index (χ0) is 10.7. The summed E-state index contributed by atoms with van der Waals surface area (Å²) in [6, 6.07) is 4.23. The van der Waals surface area contributed by atoms with Crippen LogP contribution in [0.25, 0.3) is 0 Å². The molecule has 1 atom stereocenters. The van der Waals surface area contributed by atoms with E-state index < -0.39 is 0 Å². The van der Waals surface area contributed by atoms with E-state index in [2.05, 4.69) is 45.7 Å². The zero-order valence-corrected chi connectivity index (χ0v) is 11.0. The number of thiophene rings is 1. The molecule has 0 spiro atoms. The second kappa shape index (κ2) is 4.99. The van der Waals surface area contributed by atoms with Crippen molar-refractivity contribution in [3.05, 3.63) is 46.0 Å². The Morgan fingerprint density at radius 1 is 1.47 bits per heavy atom. The molecule has 0 aliphatic carbocycles. The Labute approximate surface area is 102 Å². The van der Waals surface area contributed by atoms with Gasteiger partial charge in [-0.05, 0) is 34.9 Å². The highest BCUT2D eigenvalue weighted by molar-refractivity contribution is 9.09. The minimum atomic E-state index is 0.362. The molecule has 0 aliphatic heterocycles. The molecule has 3 heteroatoms. The summed E-state index contributed by atoms with van der Waals surface area (Å²) in [5.74, 6) is 1.09. The summed E-state index contributed by atoms with van der Waals surface area (Å²) in [4.78, 5) is 0.362. The maximum Gasteiger partial charge on any atom is 0.107 e.